The molecule has 1 N–H and O–H groups in total. The molecule has 1 aromatic rings. The topological polar surface area (TPSA) is 89.3 Å². The molecular weight excluding hydrogens is 310 g/mol. The molecule has 0 aliphatic carbocycles. The molecule has 0 radical (unpaired) electrons. The molecule has 0 saturated carbocycles. The van der Waals surface area contributed by atoms with E-state index in [1.165, 1.54) is 0 Å². The maximum absolute atomic E-state index is 12.4. The monoisotopic (exact) mass is 337 g/mol. The van der Waals surface area contributed by atoms with Gasteiger partial charge in [0.15, 0.2) is 0 Å². The van der Waals surface area contributed by atoms with Gasteiger partial charge in [-0.3, -0.25) is 9.59 Å². The van der Waals surface area contributed by atoms with E-state index < -0.39 is 5.54 Å². The van der Waals surface area contributed by atoms with Crippen molar-refractivity contribution in [2.24, 2.45) is 0 Å². The highest BCUT2D eigenvalue weighted by atomic mass is 16.5. The summed E-state index contributed by atoms with van der Waals surface area (Å²) in [6, 6.07) is 0. The number of hydrogen-bond acceptors (Lipinski definition) is 5. The van der Waals surface area contributed by atoms with Crippen molar-refractivity contribution < 1.29 is 14.3 Å². The van der Waals surface area contributed by atoms with Crippen molar-refractivity contribution >= 4 is 11.8 Å². The Bertz CT molecular complexity index is 601. The van der Waals surface area contributed by atoms with Gasteiger partial charge in [-0.05, 0) is 26.7 Å². The third kappa shape index (κ3) is 4.11. The van der Waals surface area contributed by atoms with Crippen LogP contribution in [0.2, 0.25) is 0 Å². The largest absolute Gasteiger partial charge is 0.382 e. The molecule has 0 spiro atoms. The van der Waals surface area contributed by atoms with E-state index in [0.29, 0.717) is 26.2 Å². The summed E-state index contributed by atoms with van der Waals surface area (Å²) in [4.78, 5) is 30.3. The molecule has 0 bridgehead atoms. The summed E-state index contributed by atoms with van der Waals surface area (Å²) in [6.45, 7) is 7.39. The number of nitrogens with one attached hydrogen (secondary N) is 1. The van der Waals surface area contributed by atoms with Gasteiger partial charge in [-0.1, -0.05) is 0 Å². The first kappa shape index (κ1) is 18.4. The van der Waals surface area contributed by atoms with Crippen molar-refractivity contribution in [3.05, 3.63) is 11.6 Å². The SMILES string of the molecule is COC[C@]1(CC(=O)NCCn2nc(C)nc2C)CCCN1C(C)=O. The lowest BCUT2D eigenvalue weighted by Crippen LogP contribution is -2.52. The molecule has 0 aromatic carbocycles. The Kier molecular flexibility index (Phi) is 5.93. The first-order chi connectivity index (χ1) is 11.4. The van der Waals surface area contributed by atoms with Gasteiger partial charge in [-0.15, -0.1) is 0 Å². The average Bonchev–Trinajstić information content (AvgIpc) is 3.03. The molecule has 8 nitrogen and oxygen atoms in total. The number of aryl methyl sites for hydroxylation is 2. The van der Waals surface area contributed by atoms with Gasteiger partial charge in [0.05, 0.1) is 25.1 Å². The van der Waals surface area contributed by atoms with Crippen molar-refractivity contribution in [3.63, 3.8) is 0 Å². The number of carbonyl (C=O) groups excluding carboxylic acids is 2. The highest BCUT2D eigenvalue weighted by Gasteiger charge is 2.44. The van der Waals surface area contributed by atoms with Gasteiger partial charge < -0.3 is 15.0 Å². The Morgan fingerprint density at radius 3 is 2.71 bits per heavy atom. The molecule has 24 heavy (non-hydrogen) atoms. The van der Waals surface area contributed by atoms with Crippen molar-refractivity contribution in [2.45, 2.75) is 52.1 Å². The molecule has 2 heterocycles. The van der Waals surface area contributed by atoms with E-state index in [1.807, 2.05) is 13.8 Å². The highest BCUT2D eigenvalue weighted by Crippen LogP contribution is 2.33. The first-order valence-corrected chi connectivity index (χ1v) is 8.30. The zero-order valence-electron chi connectivity index (χ0n) is 15.0. The van der Waals surface area contributed by atoms with Gasteiger partial charge in [-0.25, -0.2) is 9.67 Å². The average molecular weight is 337 g/mol. The second kappa shape index (κ2) is 7.74. The fraction of sp³-hybridized carbons (Fsp3) is 0.750. The van der Waals surface area contributed by atoms with E-state index in [2.05, 4.69) is 15.4 Å². The van der Waals surface area contributed by atoms with E-state index in [-0.39, 0.29) is 18.2 Å². The summed E-state index contributed by atoms with van der Waals surface area (Å²) < 4.78 is 7.08. The number of hydrogen-bond donors (Lipinski definition) is 1. The minimum absolute atomic E-state index is 0.00827. The zero-order chi connectivity index (χ0) is 17.7. The number of nitrogens with zero attached hydrogens (tertiary/aromatic N) is 4. The summed E-state index contributed by atoms with van der Waals surface area (Å²) in [5, 5.41) is 7.19. The number of likely N-dealkylation sites (tertiary alicyclic amines) is 1. The number of ether oxygens (including phenoxy) is 1. The number of aromatic nitrogens is 3. The van der Waals surface area contributed by atoms with Crippen LogP contribution in [0.3, 0.4) is 0 Å². The van der Waals surface area contributed by atoms with Gasteiger partial charge in [-0.2, -0.15) is 5.10 Å². The van der Waals surface area contributed by atoms with E-state index >= 15 is 0 Å². The first-order valence-electron chi connectivity index (χ1n) is 8.30. The molecule has 1 saturated heterocycles. The summed E-state index contributed by atoms with van der Waals surface area (Å²) in [5.74, 6) is 1.47. The predicted molar refractivity (Wildman–Crippen MR) is 88.4 cm³/mol. The van der Waals surface area contributed by atoms with E-state index in [9.17, 15) is 9.59 Å². The van der Waals surface area contributed by atoms with Gasteiger partial charge in [0, 0.05) is 27.1 Å². The molecular formula is C16H27N5O3. The number of amides is 2. The summed E-state index contributed by atoms with van der Waals surface area (Å²) in [5.41, 5.74) is -0.523. The lowest BCUT2D eigenvalue weighted by Gasteiger charge is -2.37. The summed E-state index contributed by atoms with van der Waals surface area (Å²) in [7, 11) is 1.60. The van der Waals surface area contributed by atoms with Crippen molar-refractivity contribution in [1.82, 2.24) is 25.0 Å². The molecule has 8 heteroatoms. The molecule has 1 aliphatic rings. The molecule has 134 valence electrons. The zero-order valence-corrected chi connectivity index (χ0v) is 15.0. The van der Waals surface area contributed by atoms with Crippen LogP contribution in [0.1, 0.15) is 37.8 Å². The maximum atomic E-state index is 12.4. The normalized spacial score (nSPS) is 20.4. The third-order valence-corrected chi connectivity index (χ3v) is 4.49. The molecule has 2 amide bonds. The lowest BCUT2D eigenvalue weighted by molar-refractivity contribution is -0.137. The molecule has 2 rings (SSSR count). The van der Waals surface area contributed by atoms with E-state index in [0.717, 1.165) is 24.5 Å². The van der Waals surface area contributed by atoms with E-state index in [4.69, 9.17) is 4.74 Å². The second-order valence-electron chi connectivity index (χ2n) is 6.39. The van der Waals surface area contributed by atoms with Crippen LogP contribution in [0, 0.1) is 13.8 Å². The van der Waals surface area contributed by atoms with Crippen LogP contribution in [-0.4, -0.2) is 63.8 Å². The van der Waals surface area contributed by atoms with Crippen molar-refractivity contribution in [2.75, 3.05) is 26.8 Å². The van der Waals surface area contributed by atoms with Gasteiger partial charge in [0.2, 0.25) is 11.8 Å². The number of carbonyl (C=O) groups is 2. The second-order valence-corrected chi connectivity index (χ2v) is 6.39. The Morgan fingerprint density at radius 1 is 1.38 bits per heavy atom. The molecule has 1 atom stereocenters. The van der Waals surface area contributed by atoms with Crippen molar-refractivity contribution in [3.8, 4) is 0 Å². The molecule has 0 unspecified atom stereocenters. The minimum atomic E-state index is -0.523. The molecule has 1 aromatic heterocycles. The van der Waals surface area contributed by atoms with Crippen molar-refractivity contribution in [1.29, 1.82) is 0 Å². The van der Waals surface area contributed by atoms with Crippen LogP contribution in [0.15, 0.2) is 0 Å². The van der Waals surface area contributed by atoms with Crippen LogP contribution in [0.5, 0.6) is 0 Å². The van der Waals surface area contributed by atoms with Gasteiger partial charge >= 0.3 is 0 Å². The quantitative estimate of drug-likeness (QED) is 0.779. The number of rotatable bonds is 7. The Hall–Kier alpha value is -1.96. The maximum Gasteiger partial charge on any atom is 0.222 e. The summed E-state index contributed by atoms with van der Waals surface area (Å²) >= 11 is 0. The molecule has 1 fully saturated rings. The summed E-state index contributed by atoms with van der Waals surface area (Å²) in [6.07, 6.45) is 1.94. The Labute approximate surface area is 142 Å². The van der Waals surface area contributed by atoms with Crippen LogP contribution in [0.25, 0.3) is 0 Å². The fourth-order valence-electron chi connectivity index (χ4n) is 3.52. The molecule has 1 aliphatic heterocycles. The van der Waals surface area contributed by atoms with Crippen LogP contribution in [0.4, 0.5) is 0 Å². The number of methoxy groups -OCH3 is 1. The van der Waals surface area contributed by atoms with Crippen LogP contribution in [-0.2, 0) is 20.9 Å². The Balaban J connectivity index is 1.91. The van der Waals surface area contributed by atoms with E-state index in [1.54, 1.807) is 23.6 Å². The van der Waals surface area contributed by atoms with Gasteiger partial charge in [0.25, 0.3) is 0 Å². The smallest absolute Gasteiger partial charge is 0.222 e. The lowest BCUT2D eigenvalue weighted by atomic mass is 9.92. The highest BCUT2D eigenvalue weighted by molar-refractivity contribution is 5.80. The predicted octanol–water partition coefficient (Wildman–Crippen LogP) is 0.429. The standard InChI is InChI=1S/C16H27N5O3/c1-12-18-13(2)21(19-12)9-7-17-15(23)10-16(11-24-4)6-5-8-20(16)14(3)22/h5-11H2,1-4H3,(H,17,23)/t16-/m1/s1. The van der Waals surface area contributed by atoms with Gasteiger partial charge in [0.1, 0.15) is 11.6 Å². The van der Waals surface area contributed by atoms with Crippen LogP contribution >= 0.6 is 0 Å². The van der Waals surface area contributed by atoms with Crippen LogP contribution < -0.4 is 5.32 Å². The minimum Gasteiger partial charge on any atom is -0.382 e. The Morgan fingerprint density at radius 2 is 2.12 bits per heavy atom. The third-order valence-electron chi connectivity index (χ3n) is 4.49. The fourth-order valence-corrected chi connectivity index (χ4v) is 3.52.